The second-order valence-corrected chi connectivity index (χ2v) is 5.00. The van der Waals surface area contributed by atoms with Crippen LogP contribution in [0.4, 0.5) is 0 Å². The molecule has 3 nitrogen and oxygen atoms in total. The van der Waals surface area contributed by atoms with E-state index in [2.05, 4.69) is 0 Å². The third-order valence-corrected chi connectivity index (χ3v) is 3.61. The van der Waals surface area contributed by atoms with E-state index in [0.29, 0.717) is 28.0 Å². The molecule has 2 rings (SSSR count). The van der Waals surface area contributed by atoms with E-state index in [1.165, 1.54) is 0 Å². The number of ether oxygens (including phenoxy) is 2. The van der Waals surface area contributed by atoms with Crippen LogP contribution in [0.25, 0.3) is 0 Å². The number of nitriles is 1. The van der Waals surface area contributed by atoms with E-state index in [-0.39, 0.29) is 6.61 Å². The van der Waals surface area contributed by atoms with Crippen molar-refractivity contribution in [1.29, 1.82) is 5.26 Å². The lowest BCUT2D eigenvalue weighted by atomic mass is 10.1. The van der Waals surface area contributed by atoms with Crippen molar-refractivity contribution in [3.63, 3.8) is 0 Å². The predicted octanol–water partition coefficient (Wildman–Crippen LogP) is 4.54. The summed E-state index contributed by atoms with van der Waals surface area (Å²) in [7, 11) is 1.58. The lowest BCUT2D eigenvalue weighted by molar-refractivity contribution is 0.284. The zero-order chi connectivity index (χ0) is 15.2. The molecule has 0 radical (unpaired) electrons. The minimum absolute atomic E-state index is 0.284. The van der Waals surface area contributed by atoms with Crippen LogP contribution >= 0.6 is 23.2 Å². The molecule has 0 saturated heterocycles. The second kappa shape index (κ2) is 7.21. The van der Waals surface area contributed by atoms with E-state index in [4.69, 9.17) is 37.9 Å². The lowest BCUT2D eigenvalue weighted by Gasteiger charge is -2.12. The summed E-state index contributed by atoms with van der Waals surface area (Å²) >= 11 is 11.9. The molecule has 0 unspecified atom stereocenters. The molecule has 2 aromatic rings. The average Bonchev–Trinajstić information content (AvgIpc) is 2.53. The van der Waals surface area contributed by atoms with Gasteiger partial charge in [0.15, 0.2) is 11.5 Å². The van der Waals surface area contributed by atoms with Crippen LogP contribution in [0.5, 0.6) is 11.5 Å². The van der Waals surface area contributed by atoms with Crippen LogP contribution in [0.15, 0.2) is 36.4 Å². The smallest absolute Gasteiger partial charge is 0.161 e. The summed E-state index contributed by atoms with van der Waals surface area (Å²) in [5, 5.41) is 9.32. The van der Waals surface area contributed by atoms with Gasteiger partial charge in [-0.25, -0.2) is 0 Å². The number of halogens is 2. The van der Waals surface area contributed by atoms with Gasteiger partial charge in [0.25, 0.3) is 0 Å². The van der Waals surface area contributed by atoms with Crippen LogP contribution in [0.1, 0.15) is 16.7 Å². The van der Waals surface area contributed by atoms with Gasteiger partial charge in [0, 0.05) is 16.5 Å². The molecule has 0 fully saturated rings. The first-order valence-electron chi connectivity index (χ1n) is 6.22. The maximum Gasteiger partial charge on any atom is 0.161 e. The van der Waals surface area contributed by atoms with Crippen LogP contribution < -0.4 is 9.47 Å². The summed E-state index contributed by atoms with van der Waals surface area (Å²) < 4.78 is 11.0. The molecule has 0 aliphatic heterocycles. The molecule has 0 aliphatic carbocycles. The molecule has 0 spiro atoms. The largest absolute Gasteiger partial charge is 0.493 e. The first-order valence-corrected chi connectivity index (χ1v) is 7.13. The number of rotatable bonds is 5. The molecule has 108 valence electrons. The van der Waals surface area contributed by atoms with E-state index < -0.39 is 0 Å². The zero-order valence-electron chi connectivity index (χ0n) is 11.4. The van der Waals surface area contributed by atoms with Crippen molar-refractivity contribution in [2.75, 3.05) is 7.11 Å². The van der Waals surface area contributed by atoms with E-state index in [0.717, 1.165) is 11.1 Å². The molecule has 0 aromatic heterocycles. The fourth-order valence-corrected chi connectivity index (χ4v) is 2.21. The molecule has 0 N–H and O–H groups in total. The molecule has 0 heterocycles. The number of methoxy groups -OCH3 is 1. The van der Waals surface area contributed by atoms with Crippen LogP contribution in [0.3, 0.4) is 0 Å². The molecule has 0 atom stereocenters. The van der Waals surface area contributed by atoms with E-state index >= 15 is 0 Å². The van der Waals surface area contributed by atoms with Crippen molar-refractivity contribution in [2.45, 2.75) is 12.5 Å². The number of hydrogen-bond acceptors (Lipinski definition) is 3. The van der Waals surface area contributed by atoms with Gasteiger partial charge < -0.3 is 9.47 Å². The molecule has 0 amide bonds. The predicted molar refractivity (Wildman–Crippen MR) is 83.1 cm³/mol. The Kier molecular flexibility index (Phi) is 5.32. The van der Waals surface area contributed by atoms with Gasteiger partial charge >= 0.3 is 0 Å². The van der Waals surface area contributed by atoms with Gasteiger partial charge in [0.1, 0.15) is 6.61 Å². The van der Waals surface area contributed by atoms with Gasteiger partial charge in [-0.05, 0) is 29.8 Å². The molecular formula is C16H13Cl2NO2. The summed E-state index contributed by atoms with van der Waals surface area (Å²) in [6, 6.07) is 12.7. The van der Waals surface area contributed by atoms with Gasteiger partial charge in [-0.2, -0.15) is 5.26 Å². The van der Waals surface area contributed by atoms with Crippen LogP contribution in [-0.4, -0.2) is 7.11 Å². The highest BCUT2D eigenvalue weighted by atomic mass is 35.5. The summed E-state index contributed by atoms with van der Waals surface area (Å²) in [5.74, 6) is 1.64. The van der Waals surface area contributed by atoms with Crippen molar-refractivity contribution >= 4 is 23.2 Å². The van der Waals surface area contributed by atoms with Gasteiger partial charge in [0.05, 0.1) is 18.7 Å². The molecule has 0 bridgehead atoms. The Labute approximate surface area is 133 Å². The Morgan fingerprint density at radius 1 is 1.14 bits per heavy atom. The highest BCUT2D eigenvalue weighted by molar-refractivity contribution is 6.31. The molecule has 21 heavy (non-hydrogen) atoms. The minimum atomic E-state index is 0.284. The molecular weight excluding hydrogens is 309 g/mol. The van der Waals surface area contributed by atoms with E-state index in [9.17, 15) is 0 Å². The summed E-state index contributed by atoms with van der Waals surface area (Å²) in [5.41, 5.74) is 2.26. The van der Waals surface area contributed by atoms with Gasteiger partial charge in [-0.3, -0.25) is 0 Å². The number of benzene rings is 2. The Balaban J connectivity index is 2.18. The Hall–Kier alpha value is -1.89. The topological polar surface area (TPSA) is 42.2 Å². The minimum Gasteiger partial charge on any atom is -0.493 e. The fraction of sp³-hybridized carbons (Fsp3) is 0.188. The Morgan fingerprint density at radius 2 is 1.95 bits per heavy atom. The summed E-state index contributed by atoms with van der Waals surface area (Å²) in [6.45, 7) is 0.284. The fourth-order valence-electron chi connectivity index (χ4n) is 1.81. The first kappa shape index (κ1) is 15.5. The van der Waals surface area contributed by atoms with Crippen molar-refractivity contribution < 1.29 is 9.47 Å². The van der Waals surface area contributed by atoms with Gasteiger partial charge in [-0.1, -0.05) is 23.7 Å². The van der Waals surface area contributed by atoms with E-state index in [1.807, 2.05) is 24.3 Å². The summed E-state index contributed by atoms with van der Waals surface area (Å²) in [4.78, 5) is 0. The van der Waals surface area contributed by atoms with Crippen LogP contribution in [-0.2, 0) is 12.5 Å². The molecule has 2 aromatic carbocycles. The SMILES string of the molecule is COc1ccc(CCl)cc1OCc1ccc(C#N)cc1Cl. The third kappa shape index (κ3) is 3.81. The van der Waals surface area contributed by atoms with Gasteiger partial charge in [0.2, 0.25) is 0 Å². The number of alkyl halides is 1. The van der Waals surface area contributed by atoms with Crippen molar-refractivity contribution in [3.05, 3.63) is 58.1 Å². The molecule has 0 aliphatic rings. The monoisotopic (exact) mass is 321 g/mol. The third-order valence-electron chi connectivity index (χ3n) is 2.95. The Morgan fingerprint density at radius 3 is 2.57 bits per heavy atom. The lowest BCUT2D eigenvalue weighted by Crippen LogP contribution is -1.99. The zero-order valence-corrected chi connectivity index (χ0v) is 12.9. The molecule has 0 saturated carbocycles. The quantitative estimate of drug-likeness (QED) is 0.759. The van der Waals surface area contributed by atoms with Gasteiger partial charge in [-0.15, -0.1) is 11.6 Å². The number of nitrogens with zero attached hydrogens (tertiary/aromatic N) is 1. The van der Waals surface area contributed by atoms with Crippen molar-refractivity contribution in [1.82, 2.24) is 0 Å². The average molecular weight is 322 g/mol. The molecule has 5 heteroatoms. The first-order chi connectivity index (χ1) is 10.2. The van der Waals surface area contributed by atoms with Crippen LogP contribution in [0, 0.1) is 11.3 Å². The van der Waals surface area contributed by atoms with Crippen molar-refractivity contribution in [2.24, 2.45) is 0 Å². The van der Waals surface area contributed by atoms with Crippen LogP contribution in [0.2, 0.25) is 5.02 Å². The standard InChI is InChI=1S/C16H13Cl2NO2/c1-20-15-5-3-11(8-17)7-16(15)21-10-13-4-2-12(9-19)6-14(13)18/h2-7H,8,10H2,1H3. The highest BCUT2D eigenvalue weighted by Crippen LogP contribution is 2.30. The number of hydrogen-bond donors (Lipinski definition) is 0. The Bertz CT molecular complexity index is 680. The van der Waals surface area contributed by atoms with Crippen molar-refractivity contribution in [3.8, 4) is 17.6 Å². The van der Waals surface area contributed by atoms with E-state index in [1.54, 1.807) is 25.3 Å². The maximum absolute atomic E-state index is 8.82. The normalized spacial score (nSPS) is 10.0. The highest BCUT2D eigenvalue weighted by Gasteiger charge is 2.08. The second-order valence-electron chi connectivity index (χ2n) is 4.33. The summed E-state index contributed by atoms with van der Waals surface area (Å²) in [6.07, 6.45) is 0. The maximum atomic E-state index is 8.82.